The largest absolute Gasteiger partial charge is 0.340 e. The van der Waals surface area contributed by atoms with Crippen LogP contribution in [-0.2, 0) is 9.63 Å². The fraction of sp³-hybridized carbons (Fsp3) is 0.333. The number of carbonyl (C=O) groups is 2. The third-order valence-corrected chi connectivity index (χ3v) is 2.30. The predicted molar refractivity (Wildman–Crippen MR) is 64.5 cm³/mol. The molecule has 5 heteroatoms. The van der Waals surface area contributed by atoms with E-state index in [9.17, 15) is 9.59 Å². The van der Waals surface area contributed by atoms with E-state index in [4.69, 9.17) is 11.6 Å². The topological polar surface area (TPSA) is 55.4 Å². The predicted octanol–water partition coefficient (Wildman–Crippen LogP) is 2.57. The molecule has 0 heterocycles. The van der Waals surface area contributed by atoms with Crippen LogP contribution in [0.2, 0.25) is 5.02 Å². The van der Waals surface area contributed by atoms with E-state index in [1.807, 2.05) is 0 Å². The van der Waals surface area contributed by atoms with Gasteiger partial charge in [-0.1, -0.05) is 23.7 Å². The van der Waals surface area contributed by atoms with Crippen LogP contribution >= 0.6 is 11.6 Å². The van der Waals surface area contributed by atoms with E-state index >= 15 is 0 Å². The lowest BCUT2D eigenvalue weighted by Crippen LogP contribution is -2.33. The summed E-state index contributed by atoms with van der Waals surface area (Å²) in [4.78, 5) is 27.7. The van der Waals surface area contributed by atoms with E-state index in [2.05, 4.69) is 10.3 Å². The number of carbonyl (C=O) groups excluding carboxylic acids is 2. The van der Waals surface area contributed by atoms with Gasteiger partial charge >= 0.3 is 5.97 Å². The summed E-state index contributed by atoms with van der Waals surface area (Å²) < 4.78 is 0. The Morgan fingerprint density at radius 1 is 1.24 bits per heavy atom. The third kappa shape index (κ3) is 3.75. The molecule has 0 aliphatic carbocycles. The number of benzene rings is 1. The summed E-state index contributed by atoms with van der Waals surface area (Å²) in [5.41, 5.74) is 1.66. The lowest BCUT2D eigenvalue weighted by atomic mass is 9.98. The fourth-order valence-corrected chi connectivity index (χ4v) is 1.17. The average molecular weight is 256 g/mol. The molecule has 0 radical (unpaired) electrons. The highest BCUT2D eigenvalue weighted by atomic mass is 35.5. The lowest BCUT2D eigenvalue weighted by molar-refractivity contribution is -0.158. The molecule has 0 unspecified atom stereocenters. The van der Waals surface area contributed by atoms with Gasteiger partial charge in [0, 0.05) is 0 Å². The second kappa shape index (κ2) is 5.19. The van der Waals surface area contributed by atoms with Crippen LogP contribution in [0.1, 0.15) is 31.1 Å². The first-order chi connectivity index (χ1) is 7.82. The minimum absolute atomic E-state index is 0.260. The maximum Gasteiger partial charge on any atom is 0.337 e. The van der Waals surface area contributed by atoms with Crippen LogP contribution in [0.5, 0.6) is 0 Å². The van der Waals surface area contributed by atoms with Crippen LogP contribution in [-0.4, -0.2) is 11.9 Å². The summed E-state index contributed by atoms with van der Waals surface area (Å²) in [7, 11) is 0. The second-order valence-corrected chi connectivity index (χ2v) is 4.96. The van der Waals surface area contributed by atoms with Crippen molar-refractivity contribution in [3.8, 4) is 0 Å². The molecule has 0 atom stereocenters. The number of halogens is 1. The summed E-state index contributed by atoms with van der Waals surface area (Å²) in [6.07, 6.45) is 0. The number of rotatable bonds is 1. The number of hydroxylamine groups is 1. The molecule has 4 nitrogen and oxygen atoms in total. The van der Waals surface area contributed by atoms with Gasteiger partial charge in [-0.15, -0.1) is 0 Å². The van der Waals surface area contributed by atoms with Crippen LogP contribution in [0.15, 0.2) is 24.3 Å². The monoisotopic (exact) mass is 255 g/mol. The molecule has 1 N–H and O–H groups in total. The maximum atomic E-state index is 11.6. The van der Waals surface area contributed by atoms with Gasteiger partial charge < -0.3 is 4.84 Å². The van der Waals surface area contributed by atoms with Crippen LogP contribution in [0.4, 0.5) is 0 Å². The summed E-state index contributed by atoms with van der Waals surface area (Å²) in [5, 5.41) is 0.303. The van der Waals surface area contributed by atoms with Crippen molar-refractivity contribution in [3.63, 3.8) is 0 Å². The minimum Gasteiger partial charge on any atom is -0.340 e. The number of amides is 1. The van der Waals surface area contributed by atoms with Crippen molar-refractivity contribution < 1.29 is 14.4 Å². The standard InChI is InChI=1S/C12H14ClNO3/c1-12(2,3)11(16)17-14-10(15)8-6-4-5-7-9(8)13/h4-7H,1-3H3,(H,14,15). The molecule has 0 saturated heterocycles. The average Bonchev–Trinajstić information content (AvgIpc) is 2.24. The molecule has 0 aliphatic rings. The normalized spacial score (nSPS) is 10.8. The number of nitrogens with one attached hydrogen (secondary N) is 1. The first kappa shape index (κ1) is 13.5. The Labute approximate surface area is 105 Å². The van der Waals surface area contributed by atoms with Crippen molar-refractivity contribution in [2.24, 2.45) is 5.41 Å². The molecule has 17 heavy (non-hydrogen) atoms. The van der Waals surface area contributed by atoms with E-state index in [0.29, 0.717) is 5.02 Å². The molecular weight excluding hydrogens is 242 g/mol. The summed E-state index contributed by atoms with van der Waals surface area (Å²) in [5.74, 6) is -1.06. The van der Waals surface area contributed by atoms with E-state index < -0.39 is 17.3 Å². The zero-order valence-electron chi connectivity index (χ0n) is 9.91. The van der Waals surface area contributed by atoms with E-state index in [-0.39, 0.29) is 5.56 Å². The maximum absolute atomic E-state index is 11.6. The highest BCUT2D eigenvalue weighted by Crippen LogP contribution is 2.16. The van der Waals surface area contributed by atoms with Crippen LogP contribution in [0.25, 0.3) is 0 Å². The van der Waals surface area contributed by atoms with Gasteiger partial charge in [0.1, 0.15) is 0 Å². The molecule has 92 valence electrons. The van der Waals surface area contributed by atoms with Gasteiger partial charge in [0.05, 0.1) is 16.0 Å². The third-order valence-electron chi connectivity index (χ3n) is 1.97. The minimum atomic E-state index is -0.673. The highest BCUT2D eigenvalue weighted by Gasteiger charge is 2.24. The Morgan fingerprint density at radius 3 is 2.35 bits per heavy atom. The smallest absolute Gasteiger partial charge is 0.337 e. The van der Waals surface area contributed by atoms with Crippen molar-refractivity contribution in [2.45, 2.75) is 20.8 Å². The first-order valence-electron chi connectivity index (χ1n) is 5.08. The van der Waals surface area contributed by atoms with Crippen LogP contribution < -0.4 is 5.48 Å². The Balaban J connectivity index is 2.63. The molecule has 0 bridgehead atoms. The van der Waals surface area contributed by atoms with Gasteiger partial charge in [-0.3, -0.25) is 4.79 Å². The summed E-state index contributed by atoms with van der Waals surface area (Å²) in [6, 6.07) is 6.51. The van der Waals surface area contributed by atoms with Gasteiger partial charge in [0.15, 0.2) is 0 Å². The van der Waals surface area contributed by atoms with Crippen molar-refractivity contribution in [1.82, 2.24) is 5.48 Å². The molecule has 0 aliphatic heterocycles. The molecule has 0 saturated carbocycles. The molecule has 1 aromatic rings. The molecule has 1 amide bonds. The van der Waals surface area contributed by atoms with Gasteiger partial charge in [0.2, 0.25) is 0 Å². The van der Waals surface area contributed by atoms with Crippen LogP contribution in [0.3, 0.4) is 0 Å². The van der Waals surface area contributed by atoms with Gasteiger partial charge in [-0.2, -0.15) is 5.48 Å². The van der Waals surface area contributed by atoms with Crippen molar-refractivity contribution in [3.05, 3.63) is 34.9 Å². The zero-order chi connectivity index (χ0) is 13.1. The van der Waals surface area contributed by atoms with Crippen molar-refractivity contribution in [1.29, 1.82) is 0 Å². The van der Waals surface area contributed by atoms with Gasteiger partial charge in [-0.25, -0.2) is 4.79 Å². The summed E-state index contributed by atoms with van der Waals surface area (Å²) in [6.45, 7) is 5.07. The van der Waals surface area contributed by atoms with Crippen LogP contribution in [0, 0.1) is 5.41 Å². The Morgan fingerprint density at radius 2 is 1.82 bits per heavy atom. The Bertz CT molecular complexity index is 438. The Kier molecular flexibility index (Phi) is 4.12. The SMILES string of the molecule is CC(C)(C)C(=O)ONC(=O)c1ccccc1Cl. The van der Waals surface area contributed by atoms with E-state index in [1.54, 1.807) is 45.0 Å². The molecule has 1 rings (SSSR count). The quantitative estimate of drug-likeness (QED) is 0.785. The lowest BCUT2D eigenvalue weighted by Gasteiger charge is -2.16. The molecule has 0 fully saturated rings. The van der Waals surface area contributed by atoms with Crippen molar-refractivity contribution >= 4 is 23.5 Å². The van der Waals surface area contributed by atoms with Gasteiger partial charge in [-0.05, 0) is 32.9 Å². The van der Waals surface area contributed by atoms with Gasteiger partial charge in [0.25, 0.3) is 5.91 Å². The molecular formula is C12H14ClNO3. The highest BCUT2D eigenvalue weighted by molar-refractivity contribution is 6.33. The molecule has 0 spiro atoms. The number of hydrogen-bond donors (Lipinski definition) is 1. The second-order valence-electron chi connectivity index (χ2n) is 4.55. The molecule has 0 aromatic heterocycles. The first-order valence-corrected chi connectivity index (χ1v) is 5.46. The number of hydrogen-bond acceptors (Lipinski definition) is 3. The van der Waals surface area contributed by atoms with E-state index in [0.717, 1.165) is 0 Å². The zero-order valence-corrected chi connectivity index (χ0v) is 10.7. The fourth-order valence-electron chi connectivity index (χ4n) is 0.946. The van der Waals surface area contributed by atoms with Crippen molar-refractivity contribution in [2.75, 3.05) is 0 Å². The summed E-state index contributed by atoms with van der Waals surface area (Å²) >= 11 is 5.82. The Hall–Kier alpha value is -1.55. The van der Waals surface area contributed by atoms with E-state index in [1.165, 1.54) is 0 Å². The molecule has 1 aromatic carbocycles.